The van der Waals surface area contributed by atoms with Gasteiger partial charge in [-0.05, 0) is 70.6 Å². The van der Waals surface area contributed by atoms with Gasteiger partial charge in [0.2, 0.25) is 5.91 Å². The van der Waals surface area contributed by atoms with Crippen molar-refractivity contribution >= 4 is 71.7 Å². The fourth-order valence-electron chi connectivity index (χ4n) is 4.36. The molecule has 0 radical (unpaired) electrons. The molecule has 0 heterocycles. The van der Waals surface area contributed by atoms with Crippen LogP contribution in [0, 0.1) is 0 Å². The van der Waals surface area contributed by atoms with Gasteiger partial charge in [-0.3, -0.25) is 10.1 Å². The number of allylic oxidation sites excluding steroid dienone is 1. The number of hydrogen-bond donors (Lipinski definition) is 4. The van der Waals surface area contributed by atoms with Crippen LogP contribution in [0.15, 0.2) is 100.0 Å². The van der Waals surface area contributed by atoms with Crippen LogP contribution in [0.3, 0.4) is 0 Å². The average molecular weight is 683 g/mol. The third kappa shape index (κ3) is 7.87. The van der Waals surface area contributed by atoms with Gasteiger partial charge in [0.15, 0.2) is 6.10 Å². The highest BCUT2D eigenvalue weighted by atomic mass is 79.9. The van der Waals surface area contributed by atoms with E-state index in [1.807, 2.05) is 36.4 Å². The van der Waals surface area contributed by atoms with Gasteiger partial charge in [-0.25, -0.2) is 4.79 Å². The summed E-state index contributed by atoms with van der Waals surface area (Å²) in [7, 11) is 1.50. The fourth-order valence-corrected chi connectivity index (χ4v) is 5.62. The van der Waals surface area contributed by atoms with E-state index in [0.29, 0.717) is 44.4 Å². The van der Waals surface area contributed by atoms with E-state index in [0.717, 1.165) is 10.8 Å². The molecule has 0 unspecified atom stereocenters. The van der Waals surface area contributed by atoms with Gasteiger partial charge in [0.1, 0.15) is 5.75 Å². The molecule has 8 nitrogen and oxygen atoms in total. The first-order valence-corrected chi connectivity index (χ1v) is 14.3. The van der Waals surface area contributed by atoms with Gasteiger partial charge in [0.05, 0.1) is 27.6 Å². The maximum atomic E-state index is 13.2. The minimum atomic E-state index is -0.977. The summed E-state index contributed by atoms with van der Waals surface area (Å²) in [5.41, 5.74) is 7.83. The highest BCUT2D eigenvalue weighted by Gasteiger charge is 2.30. The number of nitrogens with one attached hydrogen (secondary N) is 2. The molecule has 0 aliphatic heterocycles. The molecule has 212 valence electrons. The van der Waals surface area contributed by atoms with Crippen LogP contribution in [0.1, 0.15) is 24.5 Å². The van der Waals surface area contributed by atoms with E-state index in [9.17, 15) is 14.7 Å². The Balaban J connectivity index is 1.51. The highest BCUT2D eigenvalue weighted by Crippen LogP contribution is 2.39. The van der Waals surface area contributed by atoms with E-state index in [-0.39, 0.29) is 11.7 Å². The van der Waals surface area contributed by atoms with Crippen LogP contribution in [-0.2, 0) is 14.3 Å². The first kappa shape index (κ1) is 30.1. The molecule has 0 aliphatic carbocycles. The molecule has 0 aliphatic rings. The third-order valence-electron chi connectivity index (χ3n) is 6.37. The lowest BCUT2D eigenvalue weighted by molar-refractivity contribution is -0.111. The van der Waals surface area contributed by atoms with Gasteiger partial charge in [-0.15, -0.1) is 0 Å². The Kier molecular flexibility index (Phi) is 10.4. The number of nitrogen functional groups attached to an aromatic ring is 1. The van der Waals surface area contributed by atoms with Crippen LogP contribution in [0.4, 0.5) is 21.9 Å². The maximum Gasteiger partial charge on any atom is 0.412 e. The van der Waals surface area contributed by atoms with E-state index >= 15 is 0 Å². The lowest BCUT2D eigenvalue weighted by atomic mass is 9.99. The third-order valence-corrected chi connectivity index (χ3v) is 7.43. The lowest BCUT2D eigenvalue weighted by Crippen LogP contribution is -2.28. The van der Waals surface area contributed by atoms with Crippen LogP contribution in [0.2, 0.25) is 0 Å². The maximum absolute atomic E-state index is 13.2. The Morgan fingerprint density at radius 1 is 0.976 bits per heavy atom. The summed E-state index contributed by atoms with van der Waals surface area (Å²) in [5.74, 6) is -0.402. The SMILES string of the molecule is CO[C@@H](CC/C=C/C(=O)Nc1ccccc1N)[C@@H](OC(=O)Nc1cccc2ccccc12)c1cc(Br)cc(Br)c1O. The molecular formula is C31H29Br2N3O5. The second-order valence-electron chi connectivity index (χ2n) is 9.13. The summed E-state index contributed by atoms with van der Waals surface area (Å²) in [4.78, 5) is 25.6. The van der Waals surface area contributed by atoms with Crippen molar-refractivity contribution in [2.24, 2.45) is 0 Å². The summed E-state index contributed by atoms with van der Waals surface area (Å²) >= 11 is 6.80. The number of amides is 2. The topological polar surface area (TPSA) is 123 Å². The molecule has 0 saturated carbocycles. The minimum Gasteiger partial charge on any atom is -0.506 e. The van der Waals surface area contributed by atoms with E-state index in [2.05, 4.69) is 42.5 Å². The molecule has 4 aromatic carbocycles. The predicted molar refractivity (Wildman–Crippen MR) is 169 cm³/mol. The van der Waals surface area contributed by atoms with Gasteiger partial charge in [0, 0.05) is 22.5 Å². The monoisotopic (exact) mass is 681 g/mol. The Morgan fingerprint density at radius 3 is 2.46 bits per heavy atom. The predicted octanol–water partition coefficient (Wildman–Crippen LogP) is 7.93. The number of rotatable bonds is 10. The number of hydrogen-bond acceptors (Lipinski definition) is 6. The number of nitrogens with two attached hydrogens (primary N) is 1. The molecular weight excluding hydrogens is 654 g/mol. The summed E-state index contributed by atoms with van der Waals surface area (Å²) in [5, 5.41) is 18.3. The van der Waals surface area contributed by atoms with Crippen molar-refractivity contribution in [3.63, 3.8) is 0 Å². The number of methoxy groups -OCH3 is 1. The smallest absolute Gasteiger partial charge is 0.412 e. The van der Waals surface area contributed by atoms with Gasteiger partial charge >= 0.3 is 6.09 Å². The molecule has 4 aromatic rings. The first-order valence-electron chi connectivity index (χ1n) is 12.7. The van der Waals surface area contributed by atoms with Crippen LogP contribution in [0.5, 0.6) is 5.75 Å². The van der Waals surface area contributed by atoms with Gasteiger partial charge in [0.25, 0.3) is 0 Å². The minimum absolute atomic E-state index is 0.0754. The summed E-state index contributed by atoms with van der Waals surface area (Å²) in [6.45, 7) is 0. The summed E-state index contributed by atoms with van der Waals surface area (Å²) < 4.78 is 12.8. The standard InChI is InChI=1S/C31H29Br2N3O5/c1-40-27(15-6-7-16-28(37)35-26-13-5-4-12-24(26)34)30(22-17-20(32)18-23(33)29(22)38)41-31(39)36-25-14-8-10-19-9-2-3-11-21(19)25/h2-5,7-14,16-18,27,30,38H,6,15,34H2,1H3,(H,35,37)(H,36,39)/b16-7+/t27-,30-/m0/s1. The zero-order valence-electron chi connectivity index (χ0n) is 22.1. The molecule has 0 aromatic heterocycles. The normalized spacial score (nSPS) is 12.7. The average Bonchev–Trinajstić information content (AvgIpc) is 2.95. The number of fused-ring (bicyclic) bond motifs is 1. The van der Waals surface area contributed by atoms with Gasteiger partial charge < -0.3 is 25.6 Å². The molecule has 0 bridgehead atoms. The summed E-state index contributed by atoms with van der Waals surface area (Å²) in [6, 6.07) is 23.6. The Morgan fingerprint density at radius 2 is 1.68 bits per heavy atom. The molecule has 10 heteroatoms. The van der Waals surface area contributed by atoms with Crippen molar-refractivity contribution in [1.82, 2.24) is 0 Å². The summed E-state index contributed by atoms with van der Waals surface area (Å²) in [6.07, 6.45) is 1.58. The Hall–Kier alpha value is -3.86. The number of benzene rings is 4. The van der Waals surface area contributed by atoms with Crippen molar-refractivity contribution in [1.29, 1.82) is 0 Å². The number of phenolic OH excluding ortho intramolecular Hbond substituents is 1. The van der Waals surface area contributed by atoms with Crippen molar-refractivity contribution in [2.45, 2.75) is 25.0 Å². The second kappa shape index (κ2) is 14.2. The fraction of sp³-hybridized carbons (Fsp3) is 0.161. The zero-order valence-corrected chi connectivity index (χ0v) is 25.3. The number of anilines is 3. The Labute approximate surface area is 254 Å². The largest absolute Gasteiger partial charge is 0.506 e. The molecule has 0 fully saturated rings. The molecule has 2 amide bonds. The van der Waals surface area contributed by atoms with Crippen molar-refractivity contribution < 1.29 is 24.2 Å². The molecule has 5 N–H and O–H groups in total. The number of phenols is 1. The van der Waals surface area contributed by atoms with E-state index < -0.39 is 18.3 Å². The molecule has 4 rings (SSSR count). The van der Waals surface area contributed by atoms with Crippen molar-refractivity contribution in [2.75, 3.05) is 23.5 Å². The van der Waals surface area contributed by atoms with E-state index in [4.69, 9.17) is 15.2 Å². The number of halogens is 2. The number of para-hydroxylation sites is 2. The van der Waals surface area contributed by atoms with Gasteiger partial charge in [-0.1, -0.05) is 70.5 Å². The number of aromatic hydroxyl groups is 1. The molecule has 0 saturated heterocycles. The number of carbonyl (C=O) groups excluding carboxylic acids is 2. The van der Waals surface area contributed by atoms with Gasteiger partial charge in [-0.2, -0.15) is 0 Å². The number of ether oxygens (including phenoxy) is 2. The zero-order chi connectivity index (χ0) is 29.4. The second-order valence-corrected chi connectivity index (χ2v) is 10.9. The highest BCUT2D eigenvalue weighted by molar-refractivity contribution is 9.11. The molecule has 0 spiro atoms. The molecule has 41 heavy (non-hydrogen) atoms. The van der Waals surface area contributed by atoms with Crippen molar-refractivity contribution in [3.05, 3.63) is 106 Å². The number of carbonyl (C=O) groups is 2. The van der Waals surface area contributed by atoms with Crippen LogP contribution < -0.4 is 16.4 Å². The van der Waals surface area contributed by atoms with E-state index in [1.165, 1.54) is 13.2 Å². The van der Waals surface area contributed by atoms with E-state index in [1.54, 1.807) is 48.5 Å². The van der Waals surface area contributed by atoms with Crippen LogP contribution >= 0.6 is 31.9 Å². The first-order chi connectivity index (χ1) is 19.8. The van der Waals surface area contributed by atoms with Crippen LogP contribution in [0.25, 0.3) is 10.8 Å². The lowest BCUT2D eigenvalue weighted by Gasteiger charge is -2.27. The quantitative estimate of drug-likeness (QED) is 0.0995. The van der Waals surface area contributed by atoms with Crippen molar-refractivity contribution in [3.8, 4) is 5.75 Å². The Bertz CT molecular complexity index is 1570. The van der Waals surface area contributed by atoms with Crippen LogP contribution in [-0.4, -0.2) is 30.3 Å². The molecule has 2 atom stereocenters.